The molecule has 0 atom stereocenters. The SMILES string of the molecule is CCOC(=O)c1ccnc(Sc2cccc(NC(=O)CC#N)c2)c1. The molecule has 1 aromatic carbocycles. The van der Waals surface area contributed by atoms with Gasteiger partial charge in [0, 0.05) is 16.8 Å². The van der Waals surface area contributed by atoms with Crippen LogP contribution in [0.3, 0.4) is 0 Å². The summed E-state index contributed by atoms with van der Waals surface area (Å²) in [5.41, 5.74) is 1.04. The number of pyridine rings is 1. The molecule has 0 bridgehead atoms. The van der Waals surface area contributed by atoms with Gasteiger partial charge in [0.25, 0.3) is 0 Å². The van der Waals surface area contributed by atoms with Crippen molar-refractivity contribution in [1.82, 2.24) is 4.98 Å². The van der Waals surface area contributed by atoms with Crippen molar-refractivity contribution in [3.05, 3.63) is 48.2 Å². The number of amides is 1. The van der Waals surface area contributed by atoms with Crippen molar-refractivity contribution in [2.45, 2.75) is 23.3 Å². The van der Waals surface area contributed by atoms with Crippen molar-refractivity contribution in [1.29, 1.82) is 5.26 Å². The van der Waals surface area contributed by atoms with Gasteiger partial charge in [-0.3, -0.25) is 4.79 Å². The fourth-order valence-corrected chi connectivity index (χ4v) is 2.72. The van der Waals surface area contributed by atoms with Gasteiger partial charge in [-0.05, 0) is 37.3 Å². The van der Waals surface area contributed by atoms with Crippen molar-refractivity contribution in [2.24, 2.45) is 0 Å². The van der Waals surface area contributed by atoms with Crippen molar-refractivity contribution in [2.75, 3.05) is 11.9 Å². The Labute approximate surface area is 143 Å². The molecule has 0 spiro atoms. The molecule has 0 aliphatic rings. The van der Waals surface area contributed by atoms with Gasteiger partial charge in [0.15, 0.2) is 0 Å². The maximum atomic E-state index is 11.8. The van der Waals surface area contributed by atoms with Gasteiger partial charge in [-0.25, -0.2) is 9.78 Å². The first-order valence-corrected chi connectivity index (χ1v) is 8.02. The van der Waals surface area contributed by atoms with Crippen LogP contribution in [0.25, 0.3) is 0 Å². The summed E-state index contributed by atoms with van der Waals surface area (Å²) in [7, 11) is 0. The predicted octanol–water partition coefficient (Wildman–Crippen LogP) is 3.26. The van der Waals surface area contributed by atoms with E-state index in [4.69, 9.17) is 10.00 Å². The van der Waals surface area contributed by atoms with E-state index in [2.05, 4.69) is 10.3 Å². The topological polar surface area (TPSA) is 92.1 Å². The normalized spacial score (nSPS) is 9.83. The lowest BCUT2D eigenvalue weighted by Crippen LogP contribution is -2.09. The van der Waals surface area contributed by atoms with Crippen LogP contribution in [0.2, 0.25) is 0 Å². The number of esters is 1. The van der Waals surface area contributed by atoms with E-state index in [1.165, 1.54) is 11.8 Å². The minimum Gasteiger partial charge on any atom is -0.462 e. The Morgan fingerprint density at radius 1 is 1.33 bits per heavy atom. The van der Waals surface area contributed by atoms with Crippen LogP contribution >= 0.6 is 11.8 Å². The molecule has 0 saturated heterocycles. The second kappa shape index (κ2) is 8.70. The van der Waals surface area contributed by atoms with E-state index in [0.717, 1.165) is 4.90 Å². The average Bonchev–Trinajstić information content (AvgIpc) is 2.56. The molecule has 0 saturated carbocycles. The number of carbonyl (C=O) groups excluding carboxylic acids is 2. The minimum absolute atomic E-state index is 0.194. The number of hydrogen-bond donors (Lipinski definition) is 1. The van der Waals surface area contributed by atoms with Crippen LogP contribution < -0.4 is 5.32 Å². The number of ether oxygens (including phenoxy) is 1. The molecule has 2 rings (SSSR count). The fraction of sp³-hybridized carbons (Fsp3) is 0.176. The highest BCUT2D eigenvalue weighted by Crippen LogP contribution is 2.28. The molecule has 2 aromatic rings. The number of nitriles is 1. The molecule has 0 unspecified atom stereocenters. The van der Waals surface area contributed by atoms with E-state index in [1.807, 2.05) is 6.07 Å². The van der Waals surface area contributed by atoms with Gasteiger partial charge in [0.2, 0.25) is 5.91 Å². The molecule has 1 N–H and O–H groups in total. The monoisotopic (exact) mass is 341 g/mol. The maximum Gasteiger partial charge on any atom is 0.338 e. The Morgan fingerprint density at radius 3 is 2.92 bits per heavy atom. The number of carbonyl (C=O) groups is 2. The number of hydrogen-bond acceptors (Lipinski definition) is 6. The van der Waals surface area contributed by atoms with Crippen LogP contribution in [0.15, 0.2) is 52.5 Å². The van der Waals surface area contributed by atoms with E-state index >= 15 is 0 Å². The van der Waals surface area contributed by atoms with Gasteiger partial charge >= 0.3 is 5.97 Å². The number of rotatable bonds is 6. The van der Waals surface area contributed by atoms with Crippen molar-refractivity contribution >= 4 is 29.3 Å². The van der Waals surface area contributed by atoms with Gasteiger partial charge in [-0.2, -0.15) is 5.26 Å². The number of benzene rings is 1. The van der Waals surface area contributed by atoms with Crippen molar-refractivity contribution in [3.8, 4) is 6.07 Å². The molecule has 6 nitrogen and oxygen atoms in total. The first-order chi connectivity index (χ1) is 11.6. The molecule has 1 amide bonds. The largest absolute Gasteiger partial charge is 0.462 e. The standard InChI is InChI=1S/C17H15N3O3S/c1-2-23-17(22)12-7-9-19-16(10-12)24-14-5-3-4-13(11-14)20-15(21)6-8-18/h3-5,7,9-11H,2,6H2,1H3,(H,20,21). The highest BCUT2D eigenvalue weighted by molar-refractivity contribution is 7.99. The van der Waals surface area contributed by atoms with Crippen LogP contribution in [0.4, 0.5) is 5.69 Å². The molecular weight excluding hydrogens is 326 g/mol. The third-order valence-electron chi connectivity index (χ3n) is 2.83. The zero-order chi connectivity index (χ0) is 17.4. The molecular formula is C17H15N3O3S. The average molecular weight is 341 g/mol. The maximum absolute atomic E-state index is 11.8. The van der Waals surface area contributed by atoms with Crippen molar-refractivity contribution in [3.63, 3.8) is 0 Å². The number of nitrogens with zero attached hydrogens (tertiary/aromatic N) is 2. The van der Waals surface area contributed by atoms with Gasteiger partial charge < -0.3 is 10.1 Å². The predicted molar refractivity (Wildman–Crippen MR) is 89.6 cm³/mol. The number of aromatic nitrogens is 1. The summed E-state index contributed by atoms with van der Waals surface area (Å²) in [6.07, 6.45) is 1.35. The Morgan fingerprint density at radius 2 is 2.17 bits per heavy atom. The highest BCUT2D eigenvalue weighted by atomic mass is 32.2. The lowest BCUT2D eigenvalue weighted by atomic mass is 10.3. The Balaban J connectivity index is 2.11. The summed E-state index contributed by atoms with van der Waals surface area (Å²) in [5.74, 6) is -0.749. The lowest BCUT2D eigenvalue weighted by molar-refractivity contribution is -0.115. The molecule has 0 aliphatic carbocycles. The third kappa shape index (κ3) is 5.11. The van der Waals surface area contributed by atoms with Crippen LogP contribution in [0, 0.1) is 11.3 Å². The van der Waals surface area contributed by atoms with E-state index in [9.17, 15) is 9.59 Å². The molecule has 0 fully saturated rings. The molecule has 24 heavy (non-hydrogen) atoms. The van der Waals surface area contributed by atoms with Gasteiger partial charge in [0.1, 0.15) is 11.4 Å². The summed E-state index contributed by atoms with van der Waals surface area (Å²) in [6, 6.07) is 12.2. The number of nitrogens with one attached hydrogen (secondary N) is 1. The Kier molecular flexibility index (Phi) is 6.34. The first-order valence-electron chi connectivity index (χ1n) is 7.20. The molecule has 1 heterocycles. The molecule has 122 valence electrons. The minimum atomic E-state index is -0.390. The summed E-state index contributed by atoms with van der Waals surface area (Å²) in [6.45, 7) is 2.06. The van der Waals surface area contributed by atoms with Gasteiger partial charge in [-0.15, -0.1) is 0 Å². The third-order valence-corrected chi connectivity index (χ3v) is 3.75. The zero-order valence-corrected chi connectivity index (χ0v) is 13.8. The van der Waals surface area contributed by atoms with E-state index in [1.54, 1.807) is 49.5 Å². The first kappa shape index (κ1) is 17.5. The summed E-state index contributed by atoms with van der Waals surface area (Å²) in [4.78, 5) is 28.3. The zero-order valence-electron chi connectivity index (χ0n) is 13.0. The Bertz CT molecular complexity index is 787. The second-order valence-electron chi connectivity index (χ2n) is 4.62. The van der Waals surface area contributed by atoms with Crippen molar-refractivity contribution < 1.29 is 14.3 Å². The summed E-state index contributed by atoms with van der Waals surface area (Å²) >= 11 is 1.36. The van der Waals surface area contributed by atoms with Crippen LogP contribution in [-0.2, 0) is 9.53 Å². The highest BCUT2D eigenvalue weighted by Gasteiger charge is 2.09. The molecule has 0 aliphatic heterocycles. The van der Waals surface area contributed by atoms with Crippen LogP contribution in [-0.4, -0.2) is 23.5 Å². The number of anilines is 1. The second-order valence-corrected chi connectivity index (χ2v) is 5.71. The van der Waals surface area contributed by atoms with Gasteiger partial charge in [-0.1, -0.05) is 17.8 Å². The summed E-state index contributed by atoms with van der Waals surface area (Å²) < 4.78 is 4.97. The van der Waals surface area contributed by atoms with Gasteiger partial charge in [0.05, 0.1) is 18.2 Å². The molecule has 7 heteroatoms. The fourth-order valence-electron chi connectivity index (χ4n) is 1.84. The van der Waals surface area contributed by atoms with Crippen LogP contribution in [0.1, 0.15) is 23.7 Å². The summed E-state index contributed by atoms with van der Waals surface area (Å²) in [5, 5.41) is 11.8. The molecule has 0 radical (unpaired) electrons. The smallest absolute Gasteiger partial charge is 0.338 e. The quantitative estimate of drug-likeness (QED) is 0.811. The van der Waals surface area contributed by atoms with Crippen LogP contribution in [0.5, 0.6) is 0 Å². The lowest BCUT2D eigenvalue weighted by Gasteiger charge is -2.07. The van der Waals surface area contributed by atoms with E-state index < -0.39 is 0 Å². The van der Waals surface area contributed by atoms with E-state index in [0.29, 0.717) is 22.9 Å². The Hall–Kier alpha value is -2.85. The van der Waals surface area contributed by atoms with E-state index in [-0.39, 0.29) is 18.3 Å². The molecule has 1 aromatic heterocycles.